The van der Waals surface area contributed by atoms with Crippen LogP contribution in [-0.4, -0.2) is 42.3 Å². The van der Waals surface area contributed by atoms with E-state index in [2.05, 4.69) is 19.2 Å². The molecule has 0 aromatic rings. The number of ether oxygens (including phenoxy) is 1. The van der Waals surface area contributed by atoms with Gasteiger partial charge in [0.1, 0.15) is 5.60 Å². The second-order valence-electron chi connectivity index (χ2n) is 7.74. The molecule has 1 amide bonds. The molecule has 0 bridgehead atoms. The molecule has 1 aliphatic rings. The van der Waals surface area contributed by atoms with Crippen LogP contribution < -0.4 is 5.32 Å². The minimum Gasteiger partial charge on any atom is -0.444 e. The van der Waals surface area contributed by atoms with Crippen molar-refractivity contribution in [3.05, 3.63) is 0 Å². The molecule has 0 saturated heterocycles. The van der Waals surface area contributed by atoms with E-state index in [1.807, 2.05) is 27.7 Å². The van der Waals surface area contributed by atoms with Gasteiger partial charge in [-0.15, -0.1) is 0 Å². The fourth-order valence-corrected chi connectivity index (χ4v) is 3.13. The first-order chi connectivity index (χ1) is 10.2. The zero-order chi connectivity index (χ0) is 16.8. The summed E-state index contributed by atoms with van der Waals surface area (Å²) < 4.78 is 5.44. The largest absolute Gasteiger partial charge is 0.444 e. The molecule has 0 spiro atoms. The summed E-state index contributed by atoms with van der Waals surface area (Å²) in [7, 11) is 0. The van der Waals surface area contributed by atoms with Crippen molar-refractivity contribution < 1.29 is 9.53 Å². The molecule has 4 heteroatoms. The van der Waals surface area contributed by atoms with Crippen LogP contribution in [0.2, 0.25) is 0 Å². The highest BCUT2D eigenvalue weighted by molar-refractivity contribution is 5.68. The van der Waals surface area contributed by atoms with Crippen molar-refractivity contribution in [3.8, 4) is 0 Å². The predicted molar refractivity (Wildman–Crippen MR) is 92.1 cm³/mol. The highest BCUT2D eigenvalue weighted by atomic mass is 16.6. The molecule has 1 aliphatic carbocycles. The maximum absolute atomic E-state index is 12.1. The van der Waals surface area contributed by atoms with Crippen LogP contribution >= 0.6 is 0 Å². The van der Waals surface area contributed by atoms with Crippen LogP contribution in [0.5, 0.6) is 0 Å². The van der Waals surface area contributed by atoms with Gasteiger partial charge in [0.2, 0.25) is 0 Å². The molecule has 3 unspecified atom stereocenters. The van der Waals surface area contributed by atoms with E-state index in [0.717, 1.165) is 31.3 Å². The number of hydrogen-bond acceptors (Lipinski definition) is 3. The van der Waals surface area contributed by atoms with Crippen molar-refractivity contribution in [1.82, 2.24) is 10.2 Å². The monoisotopic (exact) mass is 312 g/mol. The standard InChI is InChI=1S/C18H36N2O2/c1-7-20(17(21)22-18(4,5)6)13-9-12-19-16-11-8-10-14(2)15(16)3/h14-16,19H,7-13H2,1-6H3. The lowest BCUT2D eigenvalue weighted by Gasteiger charge is -2.35. The van der Waals surface area contributed by atoms with E-state index >= 15 is 0 Å². The molecular weight excluding hydrogens is 276 g/mol. The molecule has 3 atom stereocenters. The van der Waals surface area contributed by atoms with Crippen LogP contribution in [0, 0.1) is 11.8 Å². The summed E-state index contributed by atoms with van der Waals surface area (Å²) >= 11 is 0. The van der Waals surface area contributed by atoms with Gasteiger partial charge in [0.25, 0.3) is 0 Å². The molecule has 0 radical (unpaired) electrons. The van der Waals surface area contributed by atoms with E-state index in [0.29, 0.717) is 12.6 Å². The number of nitrogens with zero attached hydrogens (tertiary/aromatic N) is 1. The quantitative estimate of drug-likeness (QED) is 0.752. The second-order valence-corrected chi connectivity index (χ2v) is 7.74. The van der Waals surface area contributed by atoms with Crippen LogP contribution in [0.1, 0.15) is 67.2 Å². The molecule has 1 saturated carbocycles. The Hall–Kier alpha value is -0.770. The number of amides is 1. The second kappa shape index (κ2) is 8.76. The average Bonchev–Trinajstić information content (AvgIpc) is 2.41. The maximum atomic E-state index is 12.1. The smallest absolute Gasteiger partial charge is 0.410 e. The van der Waals surface area contributed by atoms with Crippen LogP contribution in [0.4, 0.5) is 4.79 Å². The van der Waals surface area contributed by atoms with Crippen LogP contribution in [-0.2, 0) is 4.74 Å². The molecule has 0 aliphatic heterocycles. The minimum atomic E-state index is -0.420. The fraction of sp³-hybridized carbons (Fsp3) is 0.944. The Labute approximate surface area is 137 Å². The number of nitrogens with one attached hydrogen (secondary N) is 1. The average molecular weight is 312 g/mol. The molecule has 1 fully saturated rings. The van der Waals surface area contributed by atoms with Crippen molar-refractivity contribution in [1.29, 1.82) is 0 Å². The van der Waals surface area contributed by atoms with Gasteiger partial charge < -0.3 is 15.0 Å². The van der Waals surface area contributed by atoms with Gasteiger partial charge in [0.05, 0.1) is 0 Å². The topological polar surface area (TPSA) is 41.6 Å². The van der Waals surface area contributed by atoms with Gasteiger partial charge in [-0.3, -0.25) is 0 Å². The molecule has 1 N–H and O–H groups in total. The first-order valence-corrected chi connectivity index (χ1v) is 8.96. The third-order valence-electron chi connectivity index (χ3n) is 4.75. The summed E-state index contributed by atoms with van der Waals surface area (Å²) in [6.07, 6.45) is 4.76. The highest BCUT2D eigenvalue weighted by Crippen LogP contribution is 2.29. The van der Waals surface area contributed by atoms with E-state index in [-0.39, 0.29) is 6.09 Å². The summed E-state index contributed by atoms with van der Waals surface area (Å²) in [4.78, 5) is 13.9. The maximum Gasteiger partial charge on any atom is 0.410 e. The number of rotatable bonds is 6. The third kappa shape index (κ3) is 6.55. The SMILES string of the molecule is CCN(CCCNC1CCCC(C)C1C)C(=O)OC(C)(C)C. The van der Waals surface area contributed by atoms with Gasteiger partial charge in [-0.2, -0.15) is 0 Å². The van der Waals surface area contributed by atoms with Gasteiger partial charge in [-0.05, 0) is 58.9 Å². The lowest BCUT2D eigenvalue weighted by atomic mass is 9.78. The molecule has 1 rings (SSSR count). The zero-order valence-electron chi connectivity index (χ0n) is 15.4. The van der Waals surface area contributed by atoms with E-state index in [4.69, 9.17) is 4.74 Å². The normalized spacial score (nSPS) is 25.8. The predicted octanol–water partition coefficient (Wildman–Crippen LogP) is 4.05. The van der Waals surface area contributed by atoms with Gasteiger partial charge >= 0.3 is 6.09 Å². The van der Waals surface area contributed by atoms with Gasteiger partial charge in [0.15, 0.2) is 0 Å². The Bertz CT molecular complexity index is 338. The Balaban J connectivity index is 2.28. The number of carbonyl (C=O) groups excluding carboxylic acids is 1. The molecular formula is C18H36N2O2. The Morgan fingerprint density at radius 3 is 2.55 bits per heavy atom. The van der Waals surface area contributed by atoms with E-state index < -0.39 is 5.60 Å². The molecule has 0 heterocycles. The van der Waals surface area contributed by atoms with Crippen molar-refractivity contribution in [2.75, 3.05) is 19.6 Å². The molecule has 0 aromatic heterocycles. The first-order valence-electron chi connectivity index (χ1n) is 8.96. The third-order valence-corrected chi connectivity index (χ3v) is 4.75. The summed E-state index contributed by atoms with van der Waals surface area (Å²) in [5, 5.41) is 3.69. The summed E-state index contributed by atoms with van der Waals surface area (Å²) in [5.41, 5.74) is -0.420. The lowest BCUT2D eigenvalue weighted by molar-refractivity contribution is 0.0257. The number of hydrogen-bond donors (Lipinski definition) is 1. The van der Waals surface area contributed by atoms with Crippen LogP contribution in [0.25, 0.3) is 0 Å². The van der Waals surface area contributed by atoms with Crippen LogP contribution in [0.15, 0.2) is 0 Å². The van der Waals surface area contributed by atoms with Gasteiger partial charge in [0, 0.05) is 19.1 Å². The fourth-order valence-electron chi connectivity index (χ4n) is 3.13. The first kappa shape index (κ1) is 19.3. The molecule has 4 nitrogen and oxygen atoms in total. The van der Waals surface area contributed by atoms with Crippen molar-refractivity contribution in [2.45, 2.75) is 78.9 Å². The Morgan fingerprint density at radius 2 is 1.95 bits per heavy atom. The Morgan fingerprint density at radius 1 is 1.27 bits per heavy atom. The Kier molecular flexibility index (Phi) is 7.67. The minimum absolute atomic E-state index is 0.199. The van der Waals surface area contributed by atoms with E-state index in [1.54, 1.807) is 4.90 Å². The summed E-state index contributed by atoms with van der Waals surface area (Å²) in [6, 6.07) is 0.639. The van der Waals surface area contributed by atoms with E-state index in [1.165, 1.54) is 19.3 Å². The van der Waals surface area contributed by atoms with Gasteiger partial charge in [-0.1, -0.05) is 26.7 Å². The molecule has 130 valence electrons. The zero-order valence-corrected chi connectivity index (χ0v) is 15.4. The molecule has 22 heavy (non-hydrogen) atoms. The highest BCUT2D eigenvalue weighted by Gasteiger charge is 2.26. The van der Waals surface area contributed by atoms with Gasteiger partial charge in [-0.25, -0.2) is 4.79 Å². The summed E-state index contributed by atoms with van der Waals surface area (Å²) in [6.45, 7) is 14.9. The van der Waals surface area contributed by atoms with Crippen molar-refractivity contribution in [2.24, 2.45) is 11.8 Å². The summed E-state index contributed by atoms with van der Waals surface area (Å²) in [5.74, 6) is 1.57. The number of carbonyl (C=O) groups is 1. The lowest BCUT2D eigenvalue weighted by Crippen LogP contribution is -2.42. The van der Waals surface area contributed by atoms with Crippen LogP contribution in [0.3, 0.4) is 0 Å². The molecule has 0 aromatic carbocycles. The van der Waals surface area contributed by atoms with Crippen molar-refractivity contribution >= 4 is 6.09 Å². The van der Waals surface area contributed by atoms with Crippen molar-refractivity contribution in [3.63, 3.8) is 0 Å². The van der Waals surface area contributed by atoms with E-state index in [9.17, 15) is 4.79 Å².